The lowest BCUT2D eigenvalue weighted by atomic mass is 10.0. The van der Waals surface area contributed by atoms with E-state index in [1.165, 1.54) is 7.11 Å². The normalized spacial score (nSPS) is 10.5. The molecule has 0 aliphatic heterocycles. The molecule has 5 heteroatoms. The third-order valence-electron chi connectivity index (χ3n) is 2.65. The van der Waals surface area contributed by atoms with Crippen LogP contribution in [0.25, 0.3) is 11.3 Å². The number of aryl methyl sites for hydroxylation is 1. The lowest BCUT2D eigenvalue weighted by Crippen LogP contribution is -1.90. The molecule has 0 unspecified atom stereocenters. The standard InChI is InChI=1S/C12H15N3O2/c1-3-7-4-8(9-6-11(13)15-14-9)12(16)10(5-7)17-2/h4-6,16H,3H2,1-2H3,(H3,13,14,15). The van der Waals surface area contributed by atoms with Gasteiger partial charge in [0.15, 0.2) is 11.5 Å². The molecule has 4 N–H and O–H groups in total. The van der Waals surface area contributed by atoms with Crippen LogP contribution in [0.2, 0.25) is 0 Å². The Morgan fingerprint density at radius 3 is 2.71 bits per heavy atom. The Morgan fingerprint density at radius 1 is 1.41 bits per heavy atom. The number of aromatic hydroxyl groups is 1. The van der Waals surface area contributed by atoms with Crippen LogP contribution in [-0.4, -0.2) is 22.4 Å². The van der Waals surface area contributed by atoms with Crippen LogP contribution in [0, 0.1) is 0 Å². The van der Waals surface area contributed by atoms with Crippen molar-refractivity contribution in [3.05, 3.63) is 23.8 Å². The van der Waals surface area contributed by atoms with Crippen molar-refractivity contribution < 1.29 is 9.84 Å². The van der Waals surface area contributed by atoms with Crippen molar-refractivity contribution in [2.45, 2.75) is 13.3 Å². The Hall–Kier alpha value is -2.17. The van der Waals surface area contributed by atoms with Gasteiger partial charge in [0.25, 0.3) is 0 Å². The van der Waals surface area contributed by atoms with Gasteiger partial charge in [0.05, 0.1) is 12.8 Å². The second kappa shape index (κ2) is 4.37. The number of benzene rings is 1. The van der Waals surface area contributed by atoms with Gasteiger partial charge in [0.2, 0.25) is 0 Å². The lowest BCUT2D eigenvalue weighted by Gasteiger charge is -2.10. The topological polar surface area (TPSA) is 84.2 Å². The summed E-state index contributed by atoms with van der Waals surface area (Å²) in [4.78, 5) is 0. The molecule has 1 heterocycles. The van der Waals surface area contributed by atoms with Gasteiger partial charge in [-0.3, -0.25) is 5.10 Å². The summed E-state index contributed by atoms with van der Waals surface area (Å²) in [6.07, 6.45) is 0.854. The number of nitrogens with two attached hydrogens (primary N) is 1. The highest BCUT2D eigenvalue weighted by molar-refractivity contribution is 5.73. The third-order valence-corrected chi connectivity index (χ3v) is 2.65. The van der Waals surface area contributed by atoms with Crippen molar-refractivity contribution in [1.29, 1.82) is 0 Å². The number of hydrogen-bond acceptors (Lipinski definition) is 4. The number of aromatic amines is 1. The quantitative estimate of drug-likeness (QED) is 0.756. The van der Waals surface area contributed by atoms with E-state index in [9.17, 15) is 5.11 Å². The lowest BCUT2D eigenvalue weighted by molar-refractivity contribution is 0.374. The number of aromatic nitrogens is 2. The molecular weight excluding hydrogens is 218 g/mol. The van der Waals surface area contributed by atoms with Gasteiger partial charge in [-0.05, 0) is 24.1 Å². The van der Waals surface area contributed by atoms with E-state index in [0.717, 1.165) is 12.0 Å². The van der Waals surface area contributed by atoms with E-state index in [1.54, 1.807) is 6.07 Å². The molecule has 0 saturated heterocycles. The van der Waals surface area contributed by atoms with Crippen molar-refractivity contribution in [3.8, 4) is 22.8 Å². The number of anilines is 1. The molecule has 0 bridgehead atoms. The van der Waals surface area contributed by atoms with Gasteiger partial charge >= 0.3 is 0 Å². The Morgan fingerprint density at radius 2 is 2.18 bits per heavy atom. The van der Waals surface area contributed by atoms with E-state index < -0.39 is 0 Å². The Balaban J connectivity index is 2.59. The van der Waals surface area contributed by atoms with Crippen LogP contribution < -0.4 is 10.5 Å². The van der Waals surface area contributed by atoms with Crippen molar-refractivity contribution in [1.82, 2.24) is 10.2 Å². The molecule has 5 nitrogen and oxygen atoms in total. The van der Waals surface area contributed by atoms with Crippen LogP contribution in [0.1, 0.15) is 12.5 Å². The highest BCUT2D eigenvalue weighted by atomic mass is 16.5. The molecule has 90 valence electrons. The number of methoxy groups -OCH3 is 1. The zero-order valence-corrected chi connectivity index (χ0v) is 9.82. The smallest absolute Gasteiger partial charge is 0.167 e. The maximum atomic E-state index is 10.1. The maximum absolute atomic E-state index is 10.1. The van der Waals surface area contributed by atoms with Crippen LogP contribution in [-0.2, 0) is 6.42 Å². The summed E-state index contributed by atoms with van der Waals surface area (Å²) in [5, 5.41) is 16.7. The van der Waals surface area contributed by atoms with Crippen LogP contribution in [0.3, 0.4) is 0 Å². The van der Waals surface area contributed by atoms with Crippen LogP contribution >= 0.6 is 0 Å². The molecular formula is C12H15N3O2. The average molecular weight is 233 g/mol. The van der Waals surface area contributed by atoms with E-state index in [0.29, 0.717) is 22.8 Å². The molecule has 2 aromatic rings. The number of nitrogens with zero attached hydrogens (tertiary/aromatic N) is 1. The first-order valence-corrected chi connectivity index (χ1v) is 5.36. The Labute approximate surface area is 99.2 Å². The van der Waals surface area contributed by atoms with Crippen LogP contribution in [0.15, 0.2) is 18.2 Å². The minimum absolute atomic E-state index is 0.0911. The number of phenolic OH excluding ortho intramolecular Hbond substituents is 1. The highest BCUT2D eigenvalue weighted by Gasteiger charge is 2.13. The molecule has 0 fully saturated rings. The fourth-order valence-corrected chi connectivity index (χ4v) is 1.71. The predicted molar refractivity (Wildman–Crippen MR) is 66.0 cm³/mol. The van der Waals surface area contributed by atoms with Gasteiger partial charge in [0.1, 0.15) is 5.82 Å². The van der Waals surface area contributed by atoms with Gasteiger partial charge < -0.3 is 15.6 Å². The van der Waals surface area contributed by atoms with Gasteiger partial charge in [-0.25, -0.2) is 0 Å². The molecule has 1 aromatic heterocycles. The summed E-state index contributed by atoms with van der Waals surface area (Å²) >= 11 is 0. The van der Waals surface area contributed by atoms with E-state index in [1.807, 2.05) is 19.1 Å². The molecule has 0 saturated carbocycles. The number of phenols is 1. The molecule has 1 aromatic carbocycles. The Kier molecular flexibility index (Phi) is 2.91. The minimum atomic E-state index is 0.0911. The minimum Gasteiger partial charge on any atom is -0.504 e. The number of nitrogens with one attached hydrogen (secondary N) is 1. The number of ether oxygens (including phenoxy) is 1. The second-order valence-corrected chi connectivity index (χ2v) is 3.75. The predicted octanol–water partition coefficient (Wildman–Crippen LogP) is 1.94. The molecule has 2 rings (SSSR count). The van der Waals surface area contributed by atoms with E-state index in [-0.39, 0.29) is 5.75 Å². The zero-order valence-electron chi connectivity index (χ0n) is 9.82. The van der Waals surface area contributed by atoms with E-state index in [4.69, 9.17) is 10.5 Å². The largest absolute Gasteiger partial charge is 0.504 e. The van der Waals surface area contributed by atoms with Gasteiger partial charge in [0, 0.05) is 11.6 Å². The number of hydrogen-bond donors (Lipinski definition) is 3. The first-order chi connectivity index (χ1) is 8.15. The first kappa shape index (κ1) is 11.3. The summed E-state index contributed by atoms with van der Waals surface area (Å²) in [6.45, 7) is 2.04. The number of H-pyrrole nitrogens is 1. The van der Waals surface area contributed by atoms with Crippen molar-refractivity contribution in [2.75, 3.05) is 12.8 Å². The van der Waals surface area contributed by atoms with E-state index in [2.05, 4.69) is 10.2 Å². The molecule has 0 aliphatic carbocycles. The highest BCUT2D eigenvalue weighted by Crippen LogP contribution is 2.37. The van der Waals surface area contributed by atoms with Crippen LogP contribution in [0.4, 0.5) is 5.82 Å². The summed E-state index contributed by atoms with van der Waals surface area (Å²) in [5.74, 6) is 0.932. The maximum Gasteiger partial charge on any atom is 0.167 e. The van der Waals surface area contributed by atoms with Gasteiger partial charge in [-0.1, -0.05) is 6.92 Å². The average Bonchev–Trinajstić information content (AvgIpc) is 2.76. The summed E-state index contributed by atoms with van der Waals surface area (Å²) < 4.78 is 5.14. The summed E-state index contributed by atoms with van der Waals surface area (Å²) in [7, 11) is 1.53. The monoisotopic (exact) mass is 233 g/mol. The number of rotatable bonds is 3. The number of nitrogen functional groups attached to an aromatic ring is 1. The first-order valence-electron chi connectivity index (χ1n) is 5.36. The zero-order chi connectivity index (χ0) is 12.4. The second-order valence-electron chi connectivity index (χ2n) is 3.75. The van der Waals surface area contributed by atoms with Crippen molar-refractivity contribution in [2.24, 2.45) is 0 Å². The van der Waals surface area contributed by atoms with Gasteiger partial charge in [-0.15, -0.1) is 0 Å². The van der Waals surface area contributed by atoms with Gasteiger partial charge in [-0.2, -0.15) is 5.10 Å². The van der Waals surface area contributed by atoms with E-state index >= 15 is 0 Å². The third kappa shape index (κ3) is 2.04. The SMILES string of the molecule is CCc1cc(OC)c(O)c(-c2cc(N)n[nH]2)c1. The fraction of sp³-hybridized carbons (Fsp3) is 0.250. The molecule has 0 atom stereocenters. The molecule has 0 radical (unpaired) electrons. The van der Waals surface area contributed by atoms with Crippen molar-refractivity contribution >= 4 is 5.82 Å². The molecule has 0 spiro atoms. The van der Waals surface area contributed by atoms with Crippen LogP contribution in [0.5, 0.6) is 11.5 Å². The molecule has 0 aliphatic rings. The Bertz CT molecular complexity index is 535. The molecule has 17 heavy (non-hydrogen) atoms. The molecule has 0 amide bonds. The summed E-state index contributed by atoms with van der Waals surface area (Å²) in [5.41, 5.74) is 7.94. The fourth-order valence-electron chi connectivity index (χ4n) is 1.71. The summed E-state index contributed by atoms with van der Waals surface area (Å²) in [6, 6.07) is 5.39. The van der Waals surface area contributed by atoms with Crippen molar-refractivity contribution in [3.63, 3.8) is 0 Å².